The second-order valence-corrected chi connectivity index (χ2v) is 7.88. The van der Waals surface area contributed by atoms with Crippen LogP contribution in [0.3, 0.4) is 0 Å². The van der Waals surface area contributed by atoms with E-state index in [-0.39, 0.29) is 16.3 Å². The predicted octanol–water partition coefficient (Wildman–Crippen LogP) is 5.21. The zero-order valence-corrected chi connectivity index (χ0v) is 17.7. The van der Waals surface area contributed by atoms with Crippen molar-refractivity contribution in [3.63, 3.8) is 0 Å². The van der Waals surface area contributed by atoms with E-state index in [9.17, 15) is 32.6 Å². The summed E-state index contributed by atoms with van der Waals surface area (Å²) in [5, 5.41) is 25.3. The maximum absolute atomic E-state index is 14.6. The Morgan fingerprint density at radius 1 is 0.943 bits per heavy atom. The van der Waals surface area contributed by atoms with Crippen molar-refractivity contribution in [2.75, 3.05) is 0 Å². The zero-order valence-electron chi connectivity index (χ0n) is 17.7. The number of aromatic carboxylic acids is 1. The number of alkyl halides is 3. The summed E-state index contributed by atoms with van der Waals surface area (Å²) in [6.45, 7) is 0. The molecule has 0 aliphatic heterocycles. The van der Waals surface area contributed by atoms with Crippen molar-refractivity contribution in [1.82, 2.24) is 14.8 Å². The number of para-hydroxylation sites is 1. The minimum atomic E-state index is -5.29. The summed E-state index contributed by atoms with van der Waals surface area (Å²) in [4.78, 5) is 15.9. The van der Waals surface area contributed by atoms with Gasteiger partial charge in [-0.2, -0.15) is 18.3 Å². The number of hydrogen-bond acceptors (Lipinski definition) is 4. The Labute approximate surface area is 194 Å². The average Bonchev–Trinajstić information content (AvgIpc) is 3.26. The number of fused-ring (bicyclic) bond motifs is 2. The van der Waals surface area contributed by atoms with Crippen LogP contribution < -0.4 is 0 Å². The quantitative estimate of drug-likeness (QED) is 0.344. The van der Waals surface area contributed by atoms with Crippen LogP contribution in [0.1, 0.15) is 21.5 Å². The molecule has 2 N–H and O–H groups in total. The van der Waals surface area contributed by atoms with Gasteiger partial charge in [-0.25, -0.2) is 13.9 Å². The summed E-state index contributed by atoms with van der Waals surface area (Å²) in [5.41, 5.74) is -4.87. The molecule has 0 aliphatic carbocycles. The van der Waals surface area contributed by atoms with E-state index in [4.69, 9.17) is 0 Å². The first-order valence-electron chi connectivity index (χ1n) is 10.3. The zero-order chi connectivity index (χ0) is 25.0. The van der Waals surface area contributed by atoms with Gasteiger partial charge in [-0.15, -0.1) is 0 Å². The fourth-order valence-corrected chi connectivity index (χ4v) is 4.19. The molecule has 5 rings (SSSR count). The second-order valence-electron chi connectivity index (χ2n) is 7.88. The first-order chi connectivity index (χ1) is 16.6. The number of halogens is 4. The Morgan fingerprint density at radius 2 is 1.66 bits per heavy atom. The third-order valence-corrected chi connectivity index (χ3v) is 5.83. The van der Waals surface area contributed by atoms with Gasteiger partial charge >= 0.3 is 12.1 Å². The van der Waals surface area contributed by atoms with E-state index >= 15 is 0 Å². The second kappa shape index (κ2) is 7.88. The molecule has 10 heteroatoms. The molecule has 0 amide bonds. The largest absolute Gasteiger partial charge is 0.478 e. The Kier molecular flexibility index (Phi) is 5.06. The number of hydrogen-bond donors (Lipinski definition) is 2. The number of nitrogens with zero attached hydrogens (tertiary/aromatic N) is 3. The molecule has 0 spiro atoms. The van der Waals surface area contributed by atoms with Crippen molar-refractivity contribution < 1.29 is 32.6 Å². The van der Waals surface area contributed by atoms with Crippen LogP contribution in [0, 0.1) is 5.82 Å². The molecular weight excluding hydrogens is 466 g/mol. The highest BCUT2D eigenvalue weighted by Gasteiger charge is 2.58. The molecule has 1 unspecified atom stereocenters. The minimum Gasteiger partial charge on any atom is -0.478 e. The Hall–Kier alpha value is -4.31. The van der Waals surface area contributed by atoms with Gasteiger partial charge in [0.1, 0.15) is 5.82 Å². The molecule has 2 aromatic heterocycles. The Balaban J connectivity index is 1.78. The maximum Gasteiger partial charge on any atom is 0.425 e. The van der Waals surface area contributed by atoms with Gasteiger partial charge in [-0.05, 0) is 48.0 Å². The molecule has 176 valence electrons. The SMILES string of the molecule is O=C(O)c1cnc2ccccc2c1C(O)(c1ccc2c(cnn2-c2ccc(F)cc2)c1)C(F)(F)F. The first kappa shape index (κ1) is 22.5. The van der Waals surface area contributed by atoms with E-state index < -0.39 is 40.3 Å². The van der Waals surface area contributed by atoms with Gasteiger partial charge in [0.05, 0.1) is 28.5 Å². The molecule has 0 aliphatic rings. The minimum absolute atomic E-state index is 0.0976. The van der Waals surface area contributed by atoms with Gasteiger partial charge in [-0.3, -0.25) is 4.98 Å². The molecule has 0 saturated carbocycles. The molecule has 1 atom stereocenters. The van der Waals surface area contributed by atoms with Crippen LogP contribution in [0.4, 0.5) is 17.6 Å². The van der Waals surface area contributed by atoms with Crippen molar-refractivity contribution >= 4 is 27.8 Å². The van der Waals surface area contributed by atoms with Crippen LogP contribution in [0.25, 0.3) is 27.5 Å². The normalized spacial score (nSPS) is 13.7. The highest BCUT2D eigenvalue weighted by Crippen LogP contribution is 2.48. The van der Waals surface area contributed by atoms with Crippen molar-refractivity contribution in [2.45, 2.75) is 11.8 Å². The van der Waals surface area contributed by atoms with E-state index in [1.807, 2.05) is 0 Å². The molecule has 0 saturated heterocycles. The van der Waals surface area contributed by atoms with E-state index in [1.165, 1.54) is 59.4 Å². The molecule has 3 aromatic carbocycles. The average molecular weight is 481 g/mol. The summed E-state index contributed by atoms with van der Waals surface area (Å²) >= 11 is 0. The van der Waals surface area contributed by atoms with Crippen molar-refractivity contribution in [3.05, 3.63) is 102 Å². The summed E-state index contributed by atoms with van der Waals surface area (Å²) < 4.78 is 58.6. The van der Waals surface area contributed by atoms with Gasteiger partial charge in [-0.1, -0.05) is 24.3 Å². The number of carbonyl (C=O) groups is 1. The van der Waals surface area contributed by atoms with Crippen LogP contribution in [0.15, 0.2) is 79.1 Å². The third-order valence-electron chi connectivity index (χ3n) is 5.83. The number of carboxylic acid groups (broad SMARTS) is 1. The number of rotatable bonds is 4. The smallest absolute Gasteiger partial charge is 0.425 e. The number of aromatic nitrogens is 3. The molecular formula is C25H15F4N3O3. The Bertz CT molecular complexity index is 1600. The fraction of sp³-hybridized carbons (Fsp3) is 0.0800. The number of carboxylic acids is 1. The lowest BCUT2D eigenvalue weighted by molar-refractivity contribution is -0.247. The maximum atomic E-state index is 14.6. The fourth-order valence-electron chi connectivity index (χ4n) is 4.19. The first-order valence-corrected chi connectivity index (χ1v) is 10.3. The molecule has 35 heavy (non-hydrogen) atoms. The van der Waals surface area contributed by atoms with E-state index in [0.29, 0.717) is 11.2 Å². The lowest BCUT2D eigenvalue weighted by atomic mass is 9.81. The van der Waals surface area contributed by atoms with E-state index in [0.717, 1.165) is 18.3 Å². The van der Waals surface area contributed by atoms with Crippen LogP contribution in [0.5, 0.6) is 0 Å². The van der Waals surface area contributed by atoms with Crippen molar-refractivity contribution in [3.8, 4) is 5.69 Å². The molecule has 0 fully saturated rings. The van der Waals surface area contributed by atoms with Gasteiger partial charge in [0, 0.05) is 22.5 Å². The summed E-state index contributed by atoms with van der Waals surface area (Å²) in [5.74, 6) is -2.12. The standard InChI is InChI=1S/C25H15F4N3O3/c26-16-6-8-17(9-7-16)32-21-10-5-15(11-14(21)12-31-32)24(35,25(27,28)29)22-18-3-1-2-4-20(18)30-13-19(22)23(33)34/h1-13,35H,(H,33,34). The van der Waals surface area contributed by atoms with Crippen LogP contribution in [-0.2, 0) is 5.60 Å². The molecule has 5 aromatic rings. The van der Waals surface area contributed by atoms with Gasteiger partial charge < -0.3 is 10.2 Å². The number of pyridine rings is 1. The monoisotopic (exact) mass is 481 g/mol. The van der Waals surface area contributed by atoms with Crippen LogP contribution >= 0.6 is 0 Å². The van der Waals surface area contributed by atoms with Gasteiger partial charge in [0.25, 0.3) is 0 Å². The molecule has 0 bridgehead atoms. The highest BCUT2D eigenvalue weighted by atomic mass is 19.4. The predicted molar refractivity (Wildman–Crippen MR) is 119 cm³/mol. The third kappa shape index (κ3) is 3.50. The van der Waals surface area contributed by atoms with E-state index in [1.54, 1.807) is 6.07 Å². The van der Waals surface area contributed by atoms with Gasteiger partial charge in [0.2, 0.25) is 5.60 Å². The lowest BCUT2D eigenvalue weighted by Crippen LogP contribution is -2.44. The lowest BCUT2D eigenvalue weighted by Gasteiger charge is -2.33. The summed E-state index contributed by atoms with van der Waals surface area (Å²) in [7, 11) is 0. The summed E-state index contributed by atoms with van der Waals surface area (Å²) in [6.07, 6.45) is -3.18. The van der Waals surface area contributed by atoms with Crippen molar-refractivity contribution in [2.24, 2.45) is 0 Å². The molecule has 0 radical (unpaired) electrons. The highest BCUT2D eigenvalue weighted by molar-refractivity contribution is 5.97. The topological polar surface area (TPSA) is 88.2 Å². The number of aliphatic hydroxyl groups is 1. The van der Waals surface area contributed by atoms with Gasteiger partial charge in [0.15, 0.2) is 0 Å². The Morgan fingerprint density at radius 3 is 2.34 bits per heavy atom. The van der Waals surface area contributed by atoms with E-state index in [2.05, 4.69) is 10.1 Å². The van der Waals surface area contributed by atoms with Crippen LogP contribution in [0.2, 0.25) is 0 Å². The summed E-state index contributed by atoms with van der Waals surface area (Å²) in [6, 6.07) is 14.6. The molecule has 2 heterocycles. The van der Waals surface area contributed by atoms with Crippen molar-refractivity contribution in [1.29, 1.82) is 0 Å². The van der Waals surface area contributed by atoms with Crippen LogP contribution in [-0.4, -0.2) is 37.1 Å². The number of benzene rings is 3. The molecule has 6 nitrogen and oxygen atoms in total.